The Morgan fingerprint density at radius 3 is 2.29 bits per heavy atom. The number of ketones is 1. The Kier molecular flexibility index (Phi) is 7.22. The predicted molar refractivity (Wildman–Crippen MR) is 108 cm³/mol. The number of rotatable bonds is 5. The third-order valence-electron chi connectivity index (χ3n) is 4.96. The smallest absolute Gasteiger partial charge is 0.407 e. The number of amides is 2. The zero-order valence-electron chi connectivity index (χ0n) is 17.6. The molecule has 1 heterocycles. The molecule has 2 rings (SSSR count). The third kappa shape index (κ3) is 6.66. The van der Waals surface area contributed by atoms with Gasteiger partial charge in [-0.05, 0) is 64.7 Å². The second kappa shape index (κ2) is 9.22. The minimum atomic E-state index is -0.525. The lowest BCUT2D eigenvalue weighted by Crippen LogP contribution is -2.47. The number of aryl methyl sites for hydroxylation is 2. The van der Waals surface area contributed by atoms with Crippen molar-refractivity contribution in [2.24, 2.45) is 0 Å². The van der Waals surface area contributed by atoms with Gasteiger partial charge in [0.1, 0.15) is 5.60 Å². The van der Waals surface area contributed by atoms with Crippen molar-refractivity contribution in [3.05, 3.63) is 34.9 Å². The summed E-state index contributed by atoms with van der Waals surface area (Å²) in [6.45, 7) is 10.6. The van der Waals surface area contributed by atoms with Crippen molar-refractivity contribution in [3.63, 3.8) is 0 Å². The quantitative estimate of drug-likeness (QED) is 0.779. The number of carbonyl (C=O) groups is 3. The van der Waals surface area contributed by atoms with Gasteiger partial charge in [0.05, 0.1) is 0 Å². The largest absolute Gasteiger partial charge is 0.444 e. The van der Waals surface area contributed by atoms with E-state index in [4.69, 9.17) is 4.74 Å². The molecule has 1 aliphatic rings. The number of nitrogens with one attached hydrogen (secondary N) is 1. The molecule has 1 saturated heterocycles. The Hall–Kier alpha value is -2.37. The second-order valence-electron chi connectivity index (χ2n) is 8.52. The average molecular weight is 389 g/mol. The van der Waals surface area contributed by atoms with Crippen LogP contribution in [0.4, 0.5) is 4.79 Å². The van der Waals surface area contributed by atoms with Gasteiger partial charge < -0.3 is 15.0 Å². The summed E-state index contributed by atoms with van der Waals surface area (Å²) in [7, 11) is 0. The maximum absolute atomic E-state index is 12.4. The minimum Gasteiger partial charge on any atom is -0.444 e. The second-order valence-corrected chi connectivity index (χ2v) is 8.52. The first-order valence-electron chi connectivity index (χ1n) is 9.93. The van der Waals surface area contributed by atoms with E-state index in [1.807, 2.05) is 52.8 Å². The molecule has 6 heteroatoms. The lowest BCUT2D eigenvalue weighted by Gasteiger charge is -2.33. The van der Waals surface area contributed by atoms with Gasteiger partial charge in [0.25, 0.3) is 0 Å². The van der Waals surface area contributed by atoms with Crippen LogP contribution in [0, 0.1) is 13.8 Å². The Balaban J connectivity index is 1.75. The van der Waals surface area contributed by atoms with Crippen LogP contribution in [0.15, 0.2) is 18.2 Å². The van der Waals surface area contributed by atoms with Crippen molar-refractivity contribution < 1.29 is 19.1 Å². The molecule has 0 bridgehead atoms. The van der Waals surface area contributed by atoms with Crippen LogP contribution >= 0.6 is 0 Å². The number of likely N-dealkylation sites (tertiary alicyclic amines) is 1. The normalized spacial score (nSPS) is 15.2. The molecule has 0 aromatic heterocycles. The molecule has 154 valence electrons. The van der Waals surface area contributed by atoms with Gasteiger partial charge in [0.2, 0.25) is 5.91 Å². The Morgan fingerprint density at radius 2 is 1.71 bits per heavy atom. The van der Waals surface area contributed by atoms with E-state index in [0.29, 0.717) is 31.5 Å². The summed E-state index contributed by atoms with van der Waals surface area (Å²) in [6.07, 6.45) is 1.40. The first kappa shape index (κ1) is 21.9. The van der Waals surface area contributed by atoms with Crippen molar-refractivity contribution in [2.45, 2.75) is 71.9 Å². The fourth-order valence-electron chi connectivity index (χ4n) is 3.19. The van der Waals surface area contributed by atoms with E-state index >= 15 is 0 Å². The van der Waals surface area contributed by atoms with Crippen LogP contribution < -0.4 is 5.32 Å². The SMILES string of the molecule is Cc1ccc(C(=O)CCC(=O)N2CCC(NC(=O)OC(C)(C)C)CC2)cc1C. The molecule has 0 unspecified atom stereocenters. The van der Waals surface area contributed by atoms with E-state index in [-0.39, 0.29) is 30.6 Å². The number of piperidine rings is 1. The molecule has 1 N–H and O–H groups in total. The lowest BCUT2D eigenvalue weighted by molar-refractivity contribution is -0.132. The summed E-state index contributed by atoms with van der Waals surface area (Å²) in [5.41, 5.74) is 2.37. The third-order valence-corrected chi connectivity index (χ3v) is 4.96. The van der Waals surface area contributed by atoms with Crippen LogP contribution in [0.1, 0.15) is 67.9 Å². The standard InChI is InChI=1S/C22H32N2O4/c1-15-6-7-17(14-16(15)2)19(25)8-9-20(26)24-12-10-18(11-13-24)23-21(27)28-22(3,4)5/h6-7,14,18H,8-13H2,1-5H3,(H,23,27). The molecule has 28 heavy (non-hydrogen) atoms. The highest BCUT2D eigenvalue weighted by atomic mass is 16.6. The number of ether oxygens (including phenoxy) is 1. The van der Waals surface area contributed by atoms with Gasteiger partial charge in [-0.15, -0.1) is 0 Å². The Bertz CT molecular complexity index is 729. The maximum atomic E-state index is 12.4. The molecule has 1 fully saturated rings. The summed E-state index contributed by atoms with van der Waals surface area (Å²) >= 11 is 0. The molecule has 1 aromatic carbocycles. The summed E-state index contributed by atoms with van der Waals surface area (Å²) in [4.78, 5) is 38.4. The van der Waals surface area contributed by atoms with Gasteiger partial charge in [-0.2, -0.15) is 0 Å². The number of hydrogen-bond donors (Lipinski definition) is 1. The highest BCUT2D eigenvalue weighted by molar-refractivity contribution is 5.98. The van der Waals surface area contributed by atoms with E-state index < -0.39 is 11.7 Å². The first-order valence-corrected chi connectivity index (χ1v) is 9.93. The zero-order valence-corrected chi connectivity index (χ0v) is 17.6. The predicted octanol–water partition coefficient (Wildman–Crippen LogP) is 3.78. The molecule has 0 radical (unpaired) electrons. The van der Waals surface area contributed by atoms with Gasteiger partial charge in [0.15, 0.2) is 5.78 Å². The fraction of sp³-hybridized carbons (Fsp3) is 0.591. The fourth-order valence-corrected chi connectivity index (χ4v) is 3.19. The van der Waals surface area contributed by atoms with Crippen LogP contribution in [0.5, 0.6) is 0 Å². The molecule has 1 aliphatic heterocycles. The molecule has 0 spiro atoms. The number of carbonyl (C=O) groups excluding carboxylic acids is 3. The molecule has 0 saturated carbocycles. The highest BCUT2D eigenvalue weighted by Gasteiger charge is 2.26. The topological polar surface area (TPSA) is 75.7 Å². The summed E-state index contributed by atoms with van der Waals surface area (Å²) in [5.74, 6) is -0.00849. The van der Waals surface area contributed by atoms with Crippen LogP contribution in [0.2, 0.25) is 0 Å². The zero-order chi connectivity index (χ0) is 20.9. The minimum absolute atomic E-state index is 0.00192. The summed E-state index contributed by atoms with van der Waals surface area (Å²) in [6, 6.07) is 5.65. The summed E-state index contributed by atoms with van der Waals surface area (Å²) in [5, 5.41) is 2.86. The number of alkyl carbamates (subject to hydrolysis) is 1. The van der Waals surface area contributed by atoms with Gasteiger partial charge >= 0.3 is 6.09 Å². The summed E-state index contributed by atoms with van der Waals surface area (Å²) < 4.78 is 5.27. The number of hydrogen-bond acceptors (Lipinski definition) is 4. The van der Waals surface area contributed by atoms with Crippen molar-refractivity contribution >= 4 is 17.8 Å². The Morgan fingerprint density at radius 1 is 1.07 bits per heavy atom. The van der Waals surface area contributed by atoms with E-state index in [0.717, 1.165) is 11.1 Å². The molecule has 1 aromatic rings. The van der Waals surface area contributed by atoms with Crippen molar-refractivity contribution in [1.29, 1.82) is 0 Å². The number of Topliss-reactive ketones (excluding diaryl/α,β-unsaturated/α-hetero) is 1. The van der Waals surface area contributed by atoms with Gasteiger partial charge in [0, 0.05) is 37.5 Å². The van der Waals surface area contributed by atoms with Crippen LogP contribution in [0.25, 0.3) is 0 Å². The molecule has 6 nitrogen and oxygen atoms in total. The number of benzene rings is 1. The van der Waals surface area contributed by atoms with Gasteiger partial charge in [-0.1, -0.05) is 12.1 Å². The molecular formula is C22H32N2O4. The van der Waals surface area contributed by atoms with Gasteiger partial charge in [-0.3, -0.25) is 9.59 Å². The van der Waals surface area contributed by atoms with E-state index in [1.54, 1.807) is 4.90 Å². The monoisotopic (exact) mass is 388 g/mol. The van der Waals surface area contributed by atoms with Crippen molar-refractivity contribution in [3.8, 4) is 0 Å². The number of nitrogens with zero attached hydrogens (tertiary/aromatic N) is 1. The van der Waals surface area contributed by atoms with E-state index in [9.17, 15) is 14.4 Å². The van der Waals surface area contributed by atoms with Gasteiger partial charge in [-0.25, -0.2) is 4.79 Å². The molecular weight excluding hydrogens is 356 g/mol. The Labute approximate surface area is 167 Å². The lowest BCUT2D eigenvalue weighted by atomic mass is 10.0. The average Bonchev–Trinajstić information content (AvgIpc) is 2.60. The molecule has 2 amide bonds. The molecule has 0 atom stereocenters. The molecule has 0 aliphatic carbocycles. The van der Waals surface area contributed by atoms with Crippen molar-refractivity contribution in [1.82, 2.24) is 10.2 Å². The van der Waals surface area contributed by atoms with E-state index in [2.05, 4.69) is 5.32 Å². The van der Waals surface area contributed by atoms with Crippen LogP contribution in [0.3, 0.4) is 0 Å². The van der Waals surface area contributed by atoms with Crippen molar-refractivity contribution in [2.75, 3.05) is 13.1 Å². The first-order chi connectivity index (χ1) is 13.0. The highest BCUT2D eigenvalue weighted by Crippen LogP contribution is 2.16. The maximum Gasteiger partial charge on any atom is 0.407 e. The van der Waals surface area contributed by atoms with Crippen LogP contribution in [-0.2, 0) is 9.53 Å². The van der Waals surface area contributed by atoms with Crippen LogP contribution in [-0.4, -0.2) is 47.4 Å². The van der Waals surface area contributed by atoms with E-state index in [1.165, 1.54) is 0 Å².